The zero-order chi connectivity index (χ0) is 18.8. The lowest BCUT2D eigenvalue weighted by Crippen LogP contribution is -2.43. The van der Waals surface area contributed by atoms with Gasteiger partial charge in [-0.1, -0.05) is 0 Å². The minimum atomic E-state index is -0.543. The number of alkyl carbamates (subject to hydrolysis) is 1. The number of hydrogen-bond acceptors (Lipinski definition) is 6. The molecule has 0 bridgehead atoms. The van der Waals surface area contributed by atoms with E-state index in [4.69, 9.17) is 14.2 Å². The Morgan fingerprint density at radius 3 is 2.44 bits per heavy atom. The van der Waals surface area contributed by atoms with Crippen LogP contribution in [0.3, 0.4) is 0 Å². The second-order valence-corrected chi connectivity index (χ2v) is 8.56. The summed E-state index contributed by atoms with van der Waals surface area (Å²) in [6, 6.07) is -0.139. The molecule has 1 amide bonds. The molecule has 0 saturated heterocycles. The summed E-state index contributed by atoms with van der Waals surface area (Å²) in [5.74, 6) is 0.527. The van der Waals surface area contributed by atoms with Gasteiger partial charge in [-0.2, -0.15) is 0 Å². The minimum absolute atomic E-state index is 0.139. The van der Waals surface area contributed by atoms with E-state index < -0.39 is 17.7 Å². The van der Waals surface area contributed by atoms with Gasteiger partial charge in [-0.05, 0) is 53.4 Å². The summed E-state index contributed by atoms with van der Waals surface area (Å²) in [4.78, 5) is 25.5. The standard InChI is InChI=1S/C18H27NO5S/c1-10-11(2)25-15(16(20)22-6)14(10)23-9-13(12-7-8-12)19-17(21)24-18(3,4)5/h12-13H,7-9H2,1-6H3,(H,19,21). The van der Waals surface area contributed by atoms with Crippen LogP contribution in [0.4, 0.5) is 4.79 Å². The number of amides is 1. The maximum atomic E-state index is 12.0. The topological polar surface area (TPSA) is 73.9 Å². The summed E-state index contributed by atoms with van der Waals surface area (Å²) >= 11 is 1.36. The number of methoxy groups -OCH3 is 1. The molecule has 6 nitrogen and oxygen atoms in total. The van der Waals surface area contributed by atoms with Crippen LogP contribution in [0, 0.1) is 19.8 Å². The van der Waals surface area contributed by atoms with E-state index in [0.29, 0.717) is 23.2 Å². The van der Waals surface area contributed by atoms with Crippen LogP contribution < -0.4 is 10.1 Å². The van der Waals surface area contributed by atoms with Crippen molar-refractivity contribution in [2.75, 3.05) is 13.7 Å². The van der Waals surface area contributed by atoms with Gasteiger partial charge in [-0.3, -0.25) is 0 Å². The second kappa shape index (κ2) is 7.64. The van der Waals surface area contributed by atoms with Crippen molar-refractivity contribution in [3.05, 3.63) is 15.3 Å². The van der Waals surface area contributed by atoms with Crippen molar-refractivity contribution in [2.24, 2.45) is 5.92 Å². The minimum Gasteiger partial charge on any atom is -0.489 e. The Kier molecular flexibility index (Phi) is 5.98. The van der Waals surface area contributed by atoms with Crippen molar-refractivity contribution in [2.45, 2.75) is 59.1 Å². The largest absolute Gasteiger partial charge is 0.489 e. The van der Waals surface area contributed by atoms with E-state index in [1.54, 1.807) is 0 Å². The number of carbonyl (C=O) groups excluding carboxylic acids is 2. The van der Waals surface area contributed by atoms with Crippen molar-refractivity contribution >= 4 is 23.4 Å². The molecule has 1 N–H and O–H groups in total. The lowest BCUT2D eigenvalue weighted by molar-refractivity contribution is 0.0475. The van der Waals surface area contributed by atoms with Gasteiger partial charge in [0.25, 0.3) is 0 Å². The second-order valence-electron chi connectivity index (χ2n) is 7.33. The maximum absolute atomic E-state index is 12.0. The lowest BCUT2D eigenvalue weighted by Gasteiger charge is -2.24. The zero-order valence-corrected chi connectivity index (χ0v) is 16.5. The molecule has 1 aromatic rings. The van der Waals surface area contributed by atoms with E-state index >= 15 is 0 Å². The Hall–Kier alpha value is -1.76. The predicted molar refractivity (Wildman–Crippen MR) is 96.5 cm³/mol. The highest BCUT2D eigenvalue weighted by Gasteiger charge is 2.34. The number of thiophene rings is 1. The molecular formula is C18H27NO5S. The van der Waals surface area contributed by atoms with Crippen LogP contribution in [0.25, 0.3) is 0 Å². The summed E-state index contributed by atoms with van der Waals surface area (Å²) in [6.07, 6.45) is 1.66. The van der Waals surface area contributed by atoms with Gasteiger partial charge >= 0.3 is 12.1 Å². The highest BCUT2D eigenvalue weighted by Crippen LogP contribution is 2.37. The number of hydrogen-bond donors (Lipinski definition) is 1. The van der Waals surface area contributed by atoms with Crippen LogP contribution in [-0.2, 0) is 9.47 Å². The summed E-state index contributed by atoms with van der Waals surface area (Å²) in [7, 11) is 1.35. The first kappa shape index (κ1) is 19.6. The van der Waals surface area contributed by atoms with E-state index in [1.165, 1.54) is 18.4 Å². The number of aryl methyl sites for hydroxylation is 1. The van der Waals surface area contributed by atoms with Gasteiger partial charge in [0.2, 0.25) is 0 Å². The molecule has 1 fully saturated rings. The van der Waals surface area contributed by atoms with Gasteiger partial charge < -0.3 is 19.5 Å². The summed E-state index contributed by atoms with van der Waals surface area (Å²) < 4.78 is 16.1. The monoisotopic (exact) mass is 369 g/mol. The molecule has 140 valence electrons. The highest BCUT2D eigenvalue weighted by atomic mass is 32.1. The fourth-order valence-electron chi connectivity index (χ4n) is 2.43. The van der Waals surface area contributed by atoms with E-state index in [-0.39, 0.29) is 6.04 Å². The molecule has 1 unspecified atom stereocenters. The summed E-state index contributed by atoms with van der Waals surface area (Å²) in [5.41, 5.74) is 0.384. The van der Waals surface area contributed by atoms with Crippen molar-refractivity contribution < 1.29 is 23.8 Å². The summed E-state index contributed by atoms with van der Waals surface area (Å²) in [5, 5.41) is 2.90. The normalized spacial score (nSPS) is 15.4. The fraction of sp³-hybridized carbons (Fsp3) is 0.667. The molecule has 0 aliphatic heterocycles. The average molecular weight is 369 g/mol. The Labute approximate surface area is 152 Å². The first-order chi connectivity index (χ1) is 11.6. The zero-order valence-electron chi connectivity index (χ0n) is 15.7. The molecule has 1 atom stereocenters. The molecule has 1 heterocycles. The molecule has 0 aromatic carbocycles. The molecule has 1 aliphatic rings. The Balaban J connectivity index is 2.05. The number of ether oxygens (including phenoxy) is 3. The third kappa shape index (κ3) is 5.36. The van der Waals surface area contributed by atoms with Crippen molar-refractivity contribution in [3.8, 4) is 5.75 Å². The molecule has 2 rings (SSSR count). The van der Waals surface area contributed by atoms with Gasteiger partial charge in [0, 0.05) is 10.4 Å². The van der Waals surface area contributed by atoms with Gasteiger partial charge in [-0.25, -0.2) is 9.59 Å². The fourth-order valence-corrected chi connectivity index (χ4v) is 3.46. The lowest BCUT2D eigenvalue weighted by atomic mass is 10.2. The first-order valence-electron chi connectivity index (χ1n) is 8.43. The Morgan fingerprint density at radius 2 is 1.92 bits per heavy atom. The predicted octanol–water partition coefficient (Wildman–Crippen LogP) is 3.83. The van der Waals surface area contributed by atoms with Crippen LogP contribution in [-0.4, -0.2) is 37.4 Å². The summed E-state index contributed by atoms with van der Waals surface area (Å²) in [6.45, 7) is 9.64. The van der Waals surface area contributed by atoms with Gasteiger partial charge in [0.15, 0.2) is 4.88 Å². The maximum Gasteiger partial charge on any atom is 0.408 e. The molecule has 1 aliphatic carbocycles. The molecule has 7 heteroatoms. The SMILES string of the molecule is COC(=O)c1sc(C)c(C)c1OCC(NC(=O)OC(C)(C)C)C1CC1. The quantitative estimate of drug-likeness (QED) is 0.771. The molecule has 1 aromatic heterocycles. The van der Waals surface area contributed by atoms with Crippen molar-refractivity contribution in [1.29, 1.82) is 0 Å². The van der Waals surface area contributed by atoms with Gasteiger partial charge in [0.05, 0.1) is 13.2 Å². The third-order valence-corrected chi connectivity index (χ3v) is 5.17. The van der Waals surface area contributed by atoms with E-state index in [1.807, 2.05) is 34.6 Å². The molecule has 0 radical (unpaired) electrons. The molecule has 0 spiro atoms. The number of carbonyl (C=O) groups is 2. The molecule has 25 heavy (non-hydrogen) atoms. The van der Waals surface area contributed by atoms with Crippen LogP contribution in [0.5, 0.6) is 5.75 Å². The number of nitrogens with one attached hydrogen (secondary N) is 1. The first-order valence-corrected chi connectivity index (χ1v) is 9.24. The van der Waals surface area contributed by atoms with Crippen molar-refractivity contribution in [3.63, 3.8) is 0 Å². The van der Waals surface area contributed by atoms with E-state index in [2.05, 4.69) is 5.32 Å². The molecular weight excluding hydrogens is 342 g/mol. The van der Waals surface area contributed by atoms with Gasteiger partial charge in [-0.15, -0.1) is 11.3 Å². The van der Waals surface area contributed by atoms with E-state index in [0.717, 1.165) is 23.3 Å². The number of esters is 1. The smallest absolute Gasteiger partial charge is 0.408 e. The number of rotatable bonds is 6. The Bertz CT molecular complexity index is 643. The average Bonchev–Trinajstić information content (AvgIpc) is 3.30. The third-order valence-electron chi connectivity index (χ3n) is 4.00. The van der Waals surface area contributed by atoms with Crippen LogP contribution in [0.15, 0.2) is 0 Å². The van der Waals surface area contributed by atoms with Crippen molar-refractivity contribution in [1.82, 2.24) is 5.32 Å². The van der Waals surface area contributed by atoms with E-state index in [9.17, 15) is 9.59 Å². The highest BCUT2D eigenvalue weighted by molar-refractivity contribution is 7.14. The van der Waals surface area contributed by atoms with Gasteiger partial charge in [0.1, 0.15) is 18.0 Å². The van der Waals surface area contributed by atoms with Crippen LogP contribution in [0.2, 0.25) is 0 Å². The van der Waals surface area contributed by atoms with Crippen LogP contribution >= 0.6 is 11.3 Å². The molecule has 1 saturated carbocycles. The Morgan fingerprint density at radius 1 is 1.28 bits per heavy atom. The van der Waals surface area contributed by atoms with Crippen LogP contribution in [0.1, 0.15) is 53.7 Å².